The zero-order valence-corrected chi connectivity index (χ0v) is 13.8. The number of nitrogens with zero attached hydrogens (tertiary/aromatic N) is 1. The average molecular weight is 304 g/mol. The van der Waals surface area contributed by atoms with Crippen LogP contribution in [0.4, 0.5) is 0 Å². The van der Waals surface area contributed by atoms with E-state index in [9.17, 15) is 0 Å². The van der Waals surface area contributed by atoms with Crippen LogP contribution in [-0.2, 0) is 6.42 Å². The van der Waals surface area contributed by atoms with E-state index in [2.05, 4.69) is 49.7 Å². The van der Waals surface area contributed by atoms with Gasteiger partial charge in [0.1, 0.15) is 0 Å². The lowest BCUT2D eigenvalue weighted by molar-refractivity contribution is 0.240. The van der Waals surface area contributed by atoms with Gasteiger partial charge in [-0.15, -0.1) is 11.3 Å². The monoisotopic (exact) mass is 304 g/mol. The van der Waals surface area contributed by atoms with Crippen LogP contribution in [0.15, 0.2) is 23.6 Å². The SMILES string of the molecule is CCC(CO)NCCc1nc(-c2ccc(C)cc2C)cs1. The van der Waals surface area contributed by atoms with E-state index in [1.54, 1.807) is 11.3 Å². The number of aliphatic hydroxyl groups excluding tert-OH is 1. The first kappa shape index (κ1) is 16.1. The lowest BCUT2D eigenvalue weighted by Crippen LogP contribution is -2.33. The predicted octanol–water partition coefficient (Wildman–Crippen LogP) is 3.33. The third kappa shape index (κ3) is 4.37. The third-order valence-electron chi connectivity index (χ3n) is 3.69. The summed E-state index contributed by atoms with van der Waals surface area (Å²) < 4.78 is 0. The highest BCUT2D eigenvalue weighted by Gasteiger charge is 2.08. The Hall–Kier alpha value is -1.23. The highest BCUT2D eigenvalue weighted by molar-refractivity contribution is 7.09. The van der Waals surface area contributed by atoms with Crippen molar-refractivity contribution in [3.63, 3.8) is 0 Å². The normalized spacial score (nSPS) is 12.6. The number of benzene rings is 1. The van der Waals surface area contributed by atoms with E-state index in [-0.39, 0.29) is 12.6 Å². The first-order valence-corrected chi connectivity index (χ1v) is 8.38. The minimum atomic E-state index is 0.197. The molecule has 0 aliphatic rings. The van der Waals surface area contributed by atoms with Crippen LogP contribution in [0.5, 0.6) is 0 Å². The van der Waals surface area contributed by atoms with Gasteiger partial charge in [-0.05, 0) is 25.8 Å². The van der Waals surface area contributed by atoms with Crippen LogP contribution in [0.3, 0.4) is 0 Å². The largest absolute Gasteiger partial charge is 0.395 e. The Balaban J connectivity index is 1.98. The molecule has 0 bridgehead atoms. The molecule has 2 aromatic rings. The van der Waals surface area contributed by atoms with Crippen LogP contribution in [0.2, 0.25) is 0 Å². The highest BCUT2D eigenvalue weighted by Crippen LogP contribution is 2.25. The second kappa shape index (κ2) is 7.69. The lowest BCUT2D eigenvalue weighted by atomic mass is 10.0. The summed E-state index contributed by atoms with van der Waals surface area (Å²) >= 11 is 1.71. The van der Waals surface area contributed by atoms with E-state index in [0.29, 0.717) is 0 Å². The van der Waals surface area contributed by atoms with Crippen molar-refractivity contribution >= 4 is 11.3 Å². The smallest absolute Gasteiger partial charge is 0.0945 e. The molecule has 1 unspecified atom stereocenters. The summed E-state index contributed by atoms with van der Waals surface area (Å²) in [6, 6.07) is 6.68. The fraction of sp³-hybridized carbons (Fsp3) is 0.471. The number of hydrogen-bond donors (Lipinski definition) is 2. The first-order valence-electron chi connectivity index (χ1n) is 7.50. The standard InChI is InChI=1S/C17H24N2OS/c1-4-14(10-20)18-8-7-17-19-16(11-21-17)15-6-5-12(2)9-13(15)3/h5-6,9,11,14,18,20H,4,7-8,10H2,1-3H3. The number of aryl methyl sites for hydroxylation is 2. The first-order chi connectivity index (χ1) is 10.1. The van der Waals surface area contributed by atoms with E-state index in [1.165, 1.54) is 16.7 Å². The molecule has 1 aromatic carbocycles. The Kier molecular flexibility index (Phi) is 5.91. The topological polar surface area (TPSA) is 45.1 Å². The molecule has 0 saturated carbocycles. The van der Waals surface area contributed by atoms with E-state index in [0.717, 1.165) is 30.1 Å². The number of thiazole rings is 1. The summed E-state index contributed by atoms with van der Waals surface area (Å²) in [5, 5.41) is 15.8. The van der Waals surface area contributed by atoms with E-state index < -0.39 is 0 Å². The summed E-state index contributed by atoms with van der Waals surface area (Å²) in [6.07, 6.45) is 1.86. The summed E-state index contributed by atoms with van der Waals surface area (Å²) in [4.78, 5) is 4.74. The molecular formula is C17H24N2OS. The van der Waals surface area contributed by atoms with Gasteiger partial charge in [0.15, 0.2) is 0 Å². The maximum absolute atomic E-state index is 9.15. The zero-order chi connectivity index (χ0) is 15.2. The molecule has 3 nitrogen and oxygen atoms in total. The van der Waals surface area contributed by atoms with Gasteiger partial charge >= 0.3 is 0 Å². The summed E-state index contributed by atoms with van der Waals surface area (Å²) in [7, 11) is 0. The molecule has 1 aromatic heterocycles. The van der Waals surface area contributed by atoms with Gasteiger partial charge in [0.25, 0.3) is 0 Å². The fourth-order valence-corrected chi connectivity index (χ4v) is 3.17. The molecule has 2 rings (SSSR count). The minimum Gasteiger partial charge on any atom is -0.395 e. The van der Waals surface area contributed by atoms with Crippen LogP contribution in [0, 0.1) is 13.8 Å². The summed E-state index contributed by atoms with van der Waals surface area (Å²) in [6.45, 7) is 7.38. The van der Waals surface area contributed by atoms with Gasteiger partial charge in [0.05, 0.1) is 17.3 Å². The molecule has 0 saturated heterocycles. The van der Waals surface area contributed by atoms with Crippen molar-refractivity contribution in [1.82, 2.24) is 10.3 Å². The van der Waals surface area contributed by atoms with Crippen molar-refractivity contribution in [2.24, 2.45) is 0 Å². The Labute approximate surface area is 131 Å². The maximum atomic E-state index is 9.15. The van der Waals surface area contributed by atoms with Crippen LogP contribution in [0.25, 0.3) is 11.3 Å². The van der Waals surface area contributed by atoms with Crippen LogP contribution in [-0.4, -0.2) is 29.3 Å². The van der Waals surface area contributed by atoms with Crippen molar-refractivity contribution in [1.29, 1.82) is 0 Å². The minimum absolute atomic E-state index is 0.197. The van der Waals surface area contributed by atoms with Crippen molar-refractivity contribution in [2.75, 3.05) is 13.2 Å². The fourth-order valence-electron chi connectivity index (χ4n) is 2.37. The molecule has 2 N–H and O–H groups in total. The van der Waals surface area contributed by atoms with Crippen LogP contribution < -0.4 is 5.32 Å². The zero-order valence-electron chi connectivity index (χ0n) is 13.0. The van der Waals surface area contributed by atoms with Gasteiger partial charge in [-0.2, -0.15) is 0 Å². The second-order valence-electron chi connectivity index (χ2n) is 5.44. The van der Waals surface area contributed by atoms with Gasteiger partial charge in [0, 0.05) is 30.0 Å². The van der Waals surface area contributed by atoms with Crippen molar-refractivity contribution in [2.45, 2.75) is 39.7 Å². The summed E-state index contributed by atoms with van der Waals surface area (Å²) in [5.41, 5.74) is 4.85. The number of rotatable bonds is 7. The van der Waals surface area contributed by atoms with Gasteiger partial charge in [-0.25, -0.2) is 4.98 Å². The Morgan fingerprint density at radius 2 is 2.14 bits per heavy atom. The Morgan fingerprint density at radius 3 is 2.81 bits per heavy atom. The lowest BCUT2D eigenvalue weighted by Gasteiger charge is -2.12. The van der Waals surface area contributed by atoms with Crippen LogP contribution in [0.1, 0.15) is 29.5 Å². The molecule has 0 radical (unpaired) electrons. The van der Waals surface area contributed by atoms with Crippen molar-refractivity contribution in [3.8, 4) is 11.3 Å². The number of hydrogen-bond acceptors (Lipinski definition) is 4. The van der Waals surface area contributed by atoms with Crippen LogP contribution >= 0.6 is 11.3 Å². The van der Waals surface area contributed by atoms with E-state index >= 15 is 0 Å². The van der Waals surface area contributed by atoms with E-state index in [1.807, 2.05) is 0 Å². The number of aliphatic hydroxyl groups is 1. The average Bonchev–Trinajstić information content (AvgIpc) is 2.92. The molecule has 0 fully saturated rings. The molecule has 0 aliphatic carbocycles. The maximum Gasteiger partial charge on any atom is 0.0945 e. The number of nitrogens with one attached hydrogen (secondary N) is 1. The molecule has 4 heteroatoms. The Morgan fingerprint density at radius 1 is 1.33 bits per heavy atom. The molecule has 0 aliphatic heterocycles. The Bertz CT molecular complexity index is 576. The van der Waals surface area contributed by atoms with Gasteiger partial charge in [0.2, 0.25) is 0 Å². The van der Waals surface area contributed by atoms with E-state index in [4.69, 9.17) is 10.1 Å². The summed E-state index contributed by atoms with van der Waals surface area (Å²) in [5.74, 6) is 0. The molecular weight excluding hydrogens is 280 g/mol. The predicted molar refractivity (Wildman–Crippen MR) is 89.9 cm³/mol. The molecule has 0 amide bonds. The molecule has 1 heterocycles. The quantitative estimate of drug-likeness (QED) is 0.825. The van der Waals surface area contributed by atoms with Gasteiger partial charge in [-0.1, -0.05) is 30.7 Å². The molecule has 0 spiro atoms. The van der Waals surface area contributed by atoms with Gasteiger partial charge < -0.3 is 10.4 Å². The van der Waals surface area contributed by atoms with Crippen molar-refractivity contribution in [3.05, 3.63) is 39.7 Å². The number of aromatic nitrogens is 1. The third-order valence-corrected chi connectivity index (χ3v) is 4.60. The molecule has 1 atom stereocenters. The molecule has 114 valence electrons. The van der Waals surface area contributed by atoms with Gasteiger partial charge in [-0.3, -0.25) is 0 Å². The molecule has 21 heavy (non-hydrogen) atoms. The highest BCUT2D eigenvalue weighted by atomic mass is 32.1. The van der Waals surface area contributed by atoms with Crippen molar-refractivity contribution < 1.29 is 5.11 Å². The second-order valence-corrected chi connectivity index (χ2v) is 6.38.